The molecule has 72 valence electrons. The molecule has 0 bridgehead atoms. The van der Waals surface area contributed by atoms with Crippen LogP contribution >= 0.6 is 0 Å². The molecule has 0 N–H and O–H groups in total. The first-order chi connectivity index (χ1) is 6.00. The lowest BCUT2D eigenvalue weighted by Crippen LogP contribution is -2.43. The van der Waals surface area contributed by atoms with E-state index in [-0.39, 0.29) is 17.3 Å². The lowest BCUT2D eigenvalue weighted by molar-refractivity contribution is -0.153. The Bertz CT molecular complexity index is 251. The molecule has 1 aliphatic carbocycles. The van der Waals surface area contributed by atoms with E-state index in [1.807, 2.05) is 13.8 Å². The first kappa shape index (κ1) is 10.0. The largest absolute Gasteiger partial charge is 0.461 e. The van der Waals surface area contributed by atoms with Gasteiger partial charge in [-0.1, -0.05) is 38.7 Å². The molecule has 13 heavy (non-hydrogen) atoms. The topological polar surface area (TPSA) is 26.3 Å². The molecule has 1 unspecified atom stereocenters. The summed E-state index contributed by atoms with van der Waals surface area (Å²) < 4.78 is 4.98. The molecule has 0 aromatic carbocycles. The molecular weight excluding hydrogens is 164 g/mol. The summed E-state index contributed by atoms with van der Waals surface area (Å²) in [5, 5.41) is 0. The molecule has 1 fully saturated rings. The van der Waals surface area contributed by atoms with Crippen LogP contribution in [-0.4, -0.2) is 12.6 Å². The van der Waals surface area contributed by atoms with E-state index in [1.54, 1.807) is 6.08 Å². The molecule has 2 nitrogen and oxygen atoms in total. The number of carbonyl (C=O) groups is 1. The second-order valence-corrected chi connectivity index (χ2v) is 4.00. The van der Waals surface area contributed by atoms with Gasteiger partial charge in [-0.2, -0.15) is 0 Å². The predicted octanol–water partition coefficient (Wildman–Crippen LogP) is 2.32. The van der Waals surface area contributed by atoms with Crippen LogP contribution in [0.4, 0.5) is 0 Å². The summed E-state index contributed by atoms with van der Waals surface area (Å²) in [6.07, 6.45) is 2.35. The maximum Gasteiger partial charge on any atom is 0.310 e. The Kier molecular flexibility index (Phi) is 2.60. The molecular formula is C11H16O2. The van der Waals surface area contributed by atoms with Crippen molar-refractivity contribution < 1.29 is 9.53 Å². The molecule has 0 amide bonds. The lowest BCUT2D eigenvalue weighted by atomic mass is 9.59. The van der Waals surface area contributed by atoms with Gasteiger partial charge in [0.25, 0.3) is 0 Å². The number of hydrogen-bond acceptors (Lipinski definition) is 2. The third-order valence-corrected chi connectivity index (χ3v) is 2.86. The van der Waals surface area contributed by atoms with Crippen molar-refractivity contribution >= 4 is 5.97 Å². The molecule has 1 atom stereocenters. The highest BCUT2D eigenvalue weighted by Crippen LogP contribution is 2.50. The summed E-state index contributed by atoms with van der Waals surface area (Å²) in [6.45, 7) is 11.7. The Morgan fingerprint density at radius 1 is 1.77 bits per heavy atom. The normalized spacial score (nSPS) is 24.8. The van der Waals surface area contributed by atoms with Crippen molar-refractivity contribution in [2.75, 3.05) is 6.61 Å². The van der Waals surface area contributed by atoms with Crippen molar-refractivity contribution in [1.29, 1.82) is 0 Å². The molecule has 0 radical (unpaired) electrons. The fourth-order valence-corrected chi connectivity index (χ4v) is 1.50. The van der Waals surface area contributed by atoms with Crippen LogP contribution in [0.1, 0.15) is 20.3 Å². The van der Waals surface area contributed by atoms with Crippen molar-refractivity contribution in [3.8, 4) is 0 Å². The van der Waals surface area contributed by atoms with Gasteiger partial charge in [0.15, 0.2) is 0 Å². The number of carbonyl (C=O) groups excluding carboxylic acids is 1. The molecule has 2 heteroatoms. The van der Waals surface area contributed by atoms with Gasteiger partial charge in [-0.25, -0.2) is 0 Å². The highest BCUT2D eigenvalue weighted by Gasteiger charge is 2.47. The number of allylic oxidation sites excluding steroid dienone is 1. The van der Waals surface area contributed by atoms with Crippen LogP contribution in [0.3, 0.4) is 0 Å². The smallest absolute Gasteiger partial charge is 0.310 e. The van der Waals surface area contributed by atoms with E-state index in [0.29, 0.717) is 6.61 Å². The Balaban J connectivity index is 2.51. The van der Waals surface area contributed by atoms with Gasteiger partial charge in [-0.15, -0.1) is 0 Å². The van der Waals surface area contributed by atoms with Crippen molar-refractivity contribution in [2.45, 2.75) is 20.3 Å². The Morgan fingerprint density at radius 2 is 2.38 bits per heavy atom. The van der Waals surface area contributed by atoms with E-state index in [9.17, 15) is 4.79 Å². The zero-order chi connectivity index (χ0) is 10.1. The fourth-order valence-electron chi connectivity index (χ4n) is 1.50. The van der Waals surface area contributed by atoms with E-state index < -0.39 is 0 Å². The van der Waals surface area contributed by atoms with E-state index in [4.69, 9.17) is 4.74 Å². The van der Waals surface area contributed by atoms with Crippen molar-refractivity contribution in [2.24, 2.45) is 11.3 Å². The van der Waals surface area contributed by atoms with Crippen LogP contribution < -0.4 is 0 Å². The zero-order valence-corrected chi connectivity index (χ0v) is 8.30. The lowest BCUT2D eigenvalue weighted by Gasteiger charge is -2.44. The van der Waals surface area contributed by atoms with Crippen LogP contribution in [0.5, 0.6) is 0 Å². The summed E-state index contributed by atoms with van der Waals surface area (Å²) in [4.78, 5) is 11.4. The predicted molar refractivity (Wildman–Crippen MR) is 52.2 cm³/mol. The molecule has 0 heterocycles. The summed E-state index contributed by atoms with van der Waals surface area (Å²) >= 11 is 0. The molecule has 1 aliphatic rings. The maximum absolute atomic E-state index is 11.4. The van der Waals surface area contributed by atoms with Gasteiger partial charge in [0, 0.05) is 0 Å². The number of hydrogen-bond donors (Lipinski definition) is 0. The van der Waals surface area contributed by atoms with Gasteiger partial charge in [0.2, 0.25) is 0 Å². The molecule has 1 rings (SSSR count). The highest BCUT2D eigenvalue weighted by atomic mass is 16.5. The van der Waals surface area contributed by atoms with Gasteiger partial charge >= 0.3 is 5.97 Å². The van der Waals surface area contributed by atoms with Crippen molar-refractivity contribution in [3.05, 3.63) is 24.8 Å². The van der Waals surface area contributed by atoms with Crippen molar-refractivity contribution in [1.82, 2.24) is 0 Å². The fraction of sp³-hybridized carbons (Fsp3) is 0.545. The zero-order valence-electron chi connectivity index (χ0n) is 8.30. The SMILES string of the molecule is C=CCOC(=O)C1CC(=C)C1(C)C. The quantitative estimate of drug-likeness (QED) is 0.492. The molecule has 0 aliphatic heterocycles. The molecule has 0 aromatic heterocycles. The monoisotopic (exact) mass is 180 g/mol. The third-order valence-electron chi connectivity index (χ3n) is 2.86. The van der Waals surface area contributed by atoms with Crippen LogP contribution in [0, 0.1) is 11.3 Å². The Hall–Kier alpha value is -1.05. The first-order valence-electron chi connectivity index (χ1n) is 4.46. The van der Waals surface area contributed by atoms with Crippen LogP contribution in [0.15, 0.2) is 24.8 Å². The summed E-state index contributed by atoms with van der Waals surface area (Å²) in [7, 11) is 0. The Labute approximate surface area is 79.3 Å². The van der Waals surface area contributed by atoms with Gasteiger partial charge in [-0.3, -0.25) is 4.79 Å². The van der Waals surface area contributed by atoms with Crippen LogP contribution in [-0.2, 0) is 9.53 Å². The minimum atomic E-state index is -0.127. The number of ether oxygens (including phenoxy) is 1. The number of esters is 1. The molecule has 1 saturated carbocycles. The van der Waals surface area contributed by atoms with E-state index in [2.05, 4.69) is 13.2 Å². The first-order valence-corrected chi connectivity index (χ1v) is 4.46. The highest BCUT2D eigenvalue weighted by molar-refractivity contribution is 5.76. The van der Waals surface area contributed by atoms with Crippen LogP contribution in [0.25, 0.3) is 0 Å². The Morgan fingerprint density at radius 3 is 2.77 bits per heavy atom. The minimum absolute atomic E-state index is 0.0139. The van der Waals surface area contributed by atoms with E-state index in [1.165, 1.54) is 0 Å². The minimum Gasteiger partial charge on any atom is -0.461 e. The molecule has 0 saturated heterocycles. The van der Waals surface area contributed by atoms with E-state index >= 15 is 0 Å². The van der Waals surface area contributed by atoms with Gasteiger partial charge in [-0.05, 0) is 11.8 Å². The van der Waals surface area contributed by atoms with Gasteiger partial charge in [0.1, 0.15) is 6.61 Å². The maximum atomic E-state index is 11.4. The summed E-state index contributed by atoms with van der Waals surface area (Å²) in [6, 6.07) is 0. The summed E-state index contributed by atoms with van der Waals surface area (Å²) in [5.74, 6) is -0.141. The third kappa shape index (κ3) is 1.67. The number of rotatable bonds is 3. The van der Waals surface area contributed by atoms with Gasteiger partial charge in [0.05, 0.1) is 5.92 Å². The van der Waals surface area contributed by atoms with Crippen LogP contribution in [0.2, 0.25) is 0 Å². The van der Waals surface area contributed by atoms with Crippen molar-refractivity contribution in [3.63, 3.8) is 0 Å². The summed E-state index contributed by atoms with van der Waals surface area (Å²) in [5.41, 5.74) is 1.05. The molecule has 0 aromatic rings. The second kappa shape index (κ2) is 3.36. The average Bonchev–Trinajstić information content (AvgIpc) is 2.10. The standard InChI is InChI=1S/C11H16O2/c1-5-6-13-10(12)9-7-8(2)11(9,3)4/h5,9H,1-2,6-7H2,3-4H3. The average molecular weight is 180 g/mol. The van der Waals surface area contributed by atoms with E-state index in [0.717, 1.165) is 12.0 Å². The van der Waals surface area contributed by atoms with Gasteiger partial charge < -0.3 is 4.74 Å². The molecule has 0 spiro atoms. The second-order valence-electron chi connectivity index (χ2n) is 4.00.